The molecule has 0 radical (unpaired) electrons. The van der Waals surface area contributed by atoms with Gasteiger partial charge in [-0.15, -0.1) is 0 Å². The van der Waals surface area contributed by atoms with Gasteiger partial charge in [-0.1, -0.05) is 0 Å². The highest BCUT2D eigenvalue weighted by Gasteiger charge is 2.13. The smallest absolute Gasteiger partial charge is 0.0507 e. The van der Waals surface area contributed by atoms with Crippen LogP contribution in [0.25, 0.3) is 0 Å². The Bertz CT molecular complexity index is 242. The van der Waals surface area contributed by atoms with Crippen molar-refractivity contribution in [2.24, 2.45) is 5.92 Å². The summed E-state index contributed by atoms with van der Waals surface area (Å²) in [5, 5.41) is 7.66. The molecular formula is C11H17NOS. The third-order valence-corrected chi connectivity index (χ3v) is 3.36. The van der Waals surface area contributed by atoms with E-state index in [0.29, 0.717) is 0 Å². The predicted octanol–water partition coefficient (Wildman–Crippen LogP) is 1.92. The third kappa shape index (κ3) is 3.08. The zero-order valence-electron chi connectivity index (χ0n) is 8.37. The lowest BCUT2D eigenvalue weighted by Gasteiger charge is -2.08. The molecule has 78 valence electrons. The Labute approximate surface area is 89.3 Å². The highest BCUT2D eigenvalue weighted by atomic mass is 32.1. The Morgan fingerprint density at radius 1 is 1.57 bits per heavy atom. The molecule has 2 nitrogen and oxygen atoms in total. The van der Waals surface area contributed by atoms with Crippen LogP contribution < -0.4 is 5.32 Å². The second-order valence-corrected chi connectivity index (χ2v) is 4.60. The van der Waals surface area contributed by atoms with Gasteiger partial charge in [0.15, 0.2) is 0 Å². The average Bonchev–Trinajstić information content (AvgIpc) is 2.86. The molecule has 2 heterocycles. The number of hydrogen-bond donors (Lipinski definition) is 1. The topological polar surface area (TPSA) is 21.3 Å². The molecule has 0 aliphatic carbocycles. The predicted molar refractivity (Wildman–Crippen MR) is 59.8 cm³/mol. The van der Waals surface area contributed by atoms with E-state index in [9.17, 15) is 0 Å². The summed E-state index contributed by atoms with van der Waals surface area (Å²) < 4.78 is 5.66. The second kappa shape index (κ2) is 5.49. The number of ether oxygens (including phenoxy) is 1. The van der Waals surface area contributed by atoms with Crippen molar-refractivity contribution in [3.05, 3.63) is 22.4 Å². The Hall–Kier alpha value is -0.380. The van der Waals surface area contributed by atoms with Crippen LogP contribution in [-0.4, -0.2) is 26.3 Å². The third-order valence-electron chi connectivity index (χ3n) is 2.63. The van der Waals surface area contributed by atoms with Gasteiger partial charge >= 0.3 is 0 Å². The normalized spacial score (nSPS) is 21.6. The number of rotatable bonds is 5. The molecule has 1 aromatic heterocycles. The molecule has 0 saturated carbocycles. The van der Waals surface area contributed by atoms with E-state index in [4.69, 9.17) is 4.74 Å². The van der Waals surface area contributed by atoms with E-state index in [-0.39, 0.29) is 0 Å². The maximum atomic E-state index is 5.66. The first kappa shape index (κ1) is 10.1. The van der Waals surface area contributed by atoms with Gasteiger partial charge in [0.2, 0.25) is 0 Å². The van der Waals surface area contributed by atoms with Crippen molar-refractivity contribution >= 4 is 11.3 Å². The molecule has 1 aromatic rings. The van der Waals surface area contributed by atoms with Crippen LogP contribution >= 0.6 is 11.3 Å². The molecule has 3 heteroatoms. The molecule has 1 N–H and O–H groups in total. The molecular weight excluding hydrogens is 194 g/mol. The average molecular weight is 211 g/mol. The summed E-state index contributed by atoms with van der Waals surface area (Å²) in [4.78, 5) is 0. The minimum atomic E-state index is 0.748. The van der Waals surface area contributed by atoms with E-state index >= 15 is 0 Å². The van der Waals surface area contributed by atoms with Crippen LogP contribution in [0, 0.1) is 5.92 Å². The van der Waals surface area contributed by atoms with Crippen LogP contribution in [0.15, 0.2) is 16.8 Å². The second-order valence-electron chi connectivity index (χ2n) is 3.82. The Balaban J connectivity index is 1.55. The first-order valence-corrected chi connectivity index (χ1v) is 6.19. The van der Waals surface area contributed by atoms with Crippen LogP contribution in [0.3, 0.4) is 0 Å². The van der Waals surface area contributed by atoms with E-state index in [0.717, 1.165) is 32.1 Å². The fourth-order valence-electron chi connectivity index (χ4n) is 1.73. The van der Waals surface area contributed by atoms with Crippen molar-refractivity contribution in [3.8, 4) is 0 Å². The molecule has 0 aromatic carbocycles. The standard InChI is InChI=1S/C11H17NOS/c1-4-12-7-11(1)8-13-5-2-10-3-6-14-9-10/h3,6,9,11-12H,1-2,4-5,7-8H2. The Morgan fingerprint density at radius 2 is 2.57 bits per heavy atom. The van der Waals surface area contributed by atoms with Crippen molar-refractivity contribution in [2.45, 2.75) is 12.8 Å². The van der Waals surface area contributed by atoms with E-state index in [1.807, 2.05) is 0 Å². The highest BCUT2D eigenvalue weighted by molar-refractivity contribution is 7.07. The maximum Gasteiger partial charge on any atom is 0.0507 e. The quantitative estimate of drug-likeness (QED) is 0.751. The van der Waals surface area contributed by atoms with Gasteiger partial charge in [0.25, 0.3) is 0 Å². The van der Waals surface area contributed by atoms with Crippen LogP contribution in [0.4, 0.5) is 0 Å². The minimum absolute atomic E-state index is 0.748. The van der Waals surface area contributed by atoms with E-state index in [1.165, 1.54) is 18.5 Å². The molecule has 1 aliphatic heterocycles. The van der Waals surface area contributed by atoms with Gasteiger partial charge in [0, 0.05) is 6.54 Å². The first-order chi connectivity index (χ1) is 6.95. The molecule has 0 amide bonds. The van der Waals surface area contributed by atoms with E-state index in [1.54, 1.807) is 11.3 Å². The minimum Gasteiger partial charge on any atom is -0.381 e. The van der Waals surface area contributed by atoms with Gasteiger partial charge in [-0.05, 0) is 47.7 Å². The molecule has 14 heavy (non-hydrogen) atoms. The lowest BCUT2D eigenvalue weighted by molar-refractivity contribution is 0.108. The lowest BCUT2D eigenvalue weighted by Crippen LogP contribution is -2.14. The van der Waals surface area contributed by atoms with Crippen molar-refractivity contribution in [1.82, 2.24) is 5.32 Å². The molecule has 1 aliphatic rings. The lowest BCUT2D eigenvalue weighted by atomic mass is 10.1. The molecule has 0 spiro atoms. The summed E-state index contributed by atoms with van der Waals surface area (Å²) in [6.07, 6.45) is 2.34. The van der Waals surface area contributed by atoms with Gasteiger partial charge in [0.1, 0.15) is 0 Å². The summed E-state index contributed by atoms with van der Waals surface area (Å²) in [5.41, 5.74) is 1.40. The zero-order valence-corrected chi connectivity index (χ0v) is 9.19. The summed E-state index contributed by atoms with van der Waals surface area (Å²) in [7, 11) is 0. The van der Waals surface area contributed by atoms with Gasteiger partial charge in [-0.2, -0.15) is 11.3 Å². The monoisotopic (exact) mass is 211 g/mol. The fourth-order valence-corrected chi connectivity index (χ4v) is 2.43. The largest absolute Gasteiger partial charge is 0.381 e. The molecule has 2 rings (SSSR count). The number of nitrogens with one attached hydrogen (secondary N) is 1. The SMILES string of the molecule is c1cc(CCOCC2CCNC2)cs1. The van der Waals surface area contributed by atoms with E-state index in [2.05, 4.69) is 22.1 Å². The van der Waals surface area contributed by atoms with Crippen molar-refractivity contribution in [3.63, 3.8) is 0 Å². The highest BCUT2D eigenvalue weighted by Crippen LogP contribution is 2.09. The maximum absolute atomic E-state index is 5.66. The van der Waals surface area contributed by atoms with Gasteiger partial charge < -0.3 is 10.1 Å². The van der Waals surface area contributed by atoms with Gasteiger partial charge in [-0.3, -0.25) is 0 Å². The van der Waals surface area contributed by atoms with Crippen LogP contribution in [0.5, 0.6) is 0 Å². The molecule has 1 saturated heterocycles. The zero-order chi connectivity index (χ0) is 9.64. The first-order valence-electron chi connectivity index (χ1n) is 5.24. The van der Waals surface area contributed by atoms with Crippen molar-refractivity contribution in [2.75, 3.05) is 26.3 Å². The number of hydrogen-bond acceptors (Lipinski definition) is 3. The Kier molecular flexibility index (Phi) is 3.98. The van der Waals surface area contributed by atoms with Crippen LogP contribution in [0.1, 0.15) is 12.0 Å². The fraction of sp³-hybridized carbons (Fsp3) is 0.636. The summed E-state index contributed by atoms with van der Waals surface area (Å²) in [6.45, 7) is 4.10. The van der Waals surface area contributed by atoms with Gasteiger partial charge in [0.05, 0.1) is 13.2 Å². The summed E-state index contributed by atoms with van der Waals surface area (Å²) in [5.74, 6) is 0.748. The van der Waals surface area contributed by atoms with E-state index < -0.39 is 0 Å². The Morgan fingerprint density at radius 3 is 3.29 bits per heavy atom. The van der Waals surface area contributed by atoms with Crippen molar-refractivity contribution < 1.29 is 4.74 Å². The number of thiophene rings is 1. The molecule has 1 atom stereocenters. The summed E-state index contributed by atoms with van der Waals surface area (Å²) >= 11 is 1.76. The van der Waals surface area contributed by atoms with Crippen LogP contribution in [-0.2, 0) is 11.2 Å². The van der Waals surface area contributed by atoms with Crippen molar-refractivity contribution in [1.29, 1.82) is 0 Å². The van der Waals surface area contributed by atoms with Crippen LogP contribution in [0.2, 0.25) is 0 Å². The molecule has 1 unspecified atom stereocenters. The molecule has 0 bridgehead atoms. The van der Waals surface area contributed by atoms with Gasteiger partial charge in [-0.25, -0.2) is 0 Å². The summed E-state index contributed by atoms with van der Waals surface area (Å²) in [6, 6.07) is 2.17. The molecule has 1 fully saturated rings.